The zero-order chi connectivity index (χ0) is 15.6. The fourth-order valence-corrected chi connectivity index (χ4v) is 3.09. The van der Waals surface area contributed by atoms with E-state index >= 15 is 0 Å². The van der Waals surface area contributed by atoms with Gasteiger partial charge in [0.15, 0.2) is 0 Å². The molecule has 2 rings (SSSR count). The number of hydrogen-bond donors (Lipinski definition) is 2. The Morgan fingerprint density at radius 3 is 2.52 bits per heavy atom. The number of hydrogen-bond acceptors (Lipinski definition) is 3. The van der Waals surface area contributed by atoms with E-state index in [2.05, 4.69) is 15.9 Å². The molecule has 0 aliphatic rings. The second kappa shape index (κ2) is 6.08. The minimum absolute atomic E-state index is 0.0642. The number of anilines is 1. The zero-order valence-corrected chi connectivity index (χ0v) is 12.9. The summed E-state index contributed by atoms with van der Waals surface area (Å²) in [5.41, 5.74) is 0.0244. The molecule has 0 aliphatic carbocycles. The molecule has 2 N–H and O–H groups in total. The largest absolute Gasteiger partial charge is 0.392 e. The molecule has 0 aromatic heterocycles. The quantitative estimate of drug-likeness (QED) is 0.804. The van der Waals surface area contributed by atoms with Crippen molar-refractivity contribution >= 4 is 31.6 Å². The van der Waals surface area contributed by atoms with Crippen LogP contribution in [0.15, 0.2) is 45.8 Å². The predicted octanol–water partition coefficient (Wildman–Crippen LogP) is 3.02. The SMILES string of the molecule is O=S(=O)(Nc1cc(Br)c(F)cc1F)c1cccc(CO)c1. The van der Waals surface area contributed by atoms with Gasteiger partial charge in [-0.25, -0.2) is 17.2 Å². The summed E-state index contributed by atoms with van der Waals surface area (Å²) in [6.45, 7) is -0.320. The third kappa shape index (κ3) is 3.58. The molecular weight excluding hydrogens is 368 g/mol. The molecule has 0 bridgehead atoms. The molecule has 0 saturated heterocycles. The van der Waals surface area contributed by atoms with Crippen molar-refractivity contribution in [1.29, 1.82) is 0 Å². The number of aliphatic hydroxyl groups excluding tert-OH is 1. The first kappa shape index (κ1) is 15.9. The molecule has 2 aromatic carbocycles. The van der Waals surface area contributed by atoms with Crippen molar-refractivity contribution < 1.29 is 22.3 Å². The molecule has 2 aromatic rings. The Labute approximate surface area is 128 Å². The van der Waals surface area contributed by atoms with Gasteiger partial charge >= 0.3 is 0 Å². The Bertz CT molecular complexity index is 781. The smallest absolute Gasteiger partial charge is 0.261 e. The molecule has 112 valence electrons. The summed E-state index contributed by atoms with van der Waals surface area (Å²) in [6, 6.07) is 7.14. The molecule has 0 unspecified atom stereocenters. The summed E-state index contributed by atoms with van der Waals surface area (Å²) in [5, 5.41) is 9.01. The molecule has 0 fully saturated rings. The van der Waals surface area contributed by atoms with Crippen LogP contribution in [0.1, 0.15) is 5.56 Å². The Hall–Kier alpha value is -1.51. The molecule has 0 aliphatic heterocycles. The summed E-state index contributed by atoms with van der Waals surface area (Å²) >= 11 is 2.86. The fraction of sp³-hybridized carbons (Fsp3) is 0.0769. The van der Waals surface area contributed by atoms with Gasteiger partial charge in [-0.05, 0) is 39.7 Å². The van der Waals surface area contributed by atoms with Gasteiger partial charge in [0.05, 0.1) is 21.7 Å². The van der Waals surface area contributed by atoms with Gasteiger partial charge in [0.2, 0.25) is 0 Å². The fourth-order valence-electron chi connectivity index (χ4n) is 1.62. The van der Waals surface area contributed by atoms with Gasteiger partial charge < -0.3 is 5.11 Å². The average Bonchev–Trinajstić information content (AvgIpc) is 2.44. The van der Waals surface area contributed by atoms with Crippen LogP contribution < -0.4 is 4.72 Å². The van der Waals surface area contributed by atoms with Gasteiger partial charge in [0.1, 0.15) is 11.6 Å². The summed E-state index contributed by atoms with van der Waals surface area (Å²) < 4.78 is 53.0. The van der Waals surface area contributed by atoms with Crippen molar-refractivity contribution in [3.8, 4) is 0 Å². The summed E-state index contributed by atoms with van der Waals surface area (Å²) in [5.74, 6) is -1.87. The van der Waals surface area contributed by atoms with Crippen LogP contribution in [-0.4, -0.2) is 13.5 Å². The monoisotopic (exact) mass is 377 g/mol. The van der Waals surface area contributed by atoms with E-state index in [9.17, 15) is 17.2 Å². The van der Waals surface area contributed by atoms with Gasteiger partial charge in [-0.15, -0.1) is 0 Å². The first-order valence-corrected chi connectivity index (χ1v) is 7.98. The van der Waals surface area contributed by atoms with Crippen molar-refractivity contribution in [2.45, 2.75) is 11.5 Å². The van der Waals surface area contributed by atoms with Crippen molar-refractivity contribution in [2.75, 3.05) is 4.72 Å². The third-order valence-corrected chi connectivity index (χ3v) is 4.62. The molecule has 0 saturated carbocycles. The Morgan fingerprint density at radius 2 is 1.86 bits per heavy atom. The van der Waals surface area contributed by atoms with E-state index in [-0.39, 0.29) is 21.7 Å². The normalized spacial score (nSPS) is 11.4. The summed E-state index contributed by atoms with van der Waals surface area (Å²) in [6.07, 6.45) is 0. The maximum Gasteiger partial charge on any atom is 0.261 e. The number of sulfonamides is 1. The third-order valence-electron chi connectivity index (χ3n) is 2.65. The number of benzene rings is 2. The molecule has 21 heavy (non-hydrogen) atoms. The van der Waals surface area contributed by atoms with Crippen molar-refractivity contribution in [2.24, 2.45) is 0 Å². The molecule has 0 atom stereocenters. The number of rotatable bonds is 4. The first-order valence-electron chi connectivity index (χ1n) is 5.70. The molecule has 4 nitrogen and oxygen atoms in total. The van der Waals surface area contributed by atoms with E-state index in [1.807, 2.05) is 4.72 Å². The topological polar surface area (TPSA) is 66.4 Å². The van der Waals surface area contributed by atoms with Crippen LogP contribution in [0.25, 0.3) is 0 Å². The molecule has 0 spiro atoms. The van der Waals surface area contributed by atoms with E-state index in [1.54, 1.807) is 6.07 Å². The summed E-state index contributed by atoms with van der Waals surface area (Å²) in [7, 11) is -4.04. The lowest BCUT2D eigenvalue weighted by Crippen LogP contribution is -2.14. The number of halogens is 3. The van der Waals surface area contributed by atoms with E-state index < -0.39 is 21.7 Å². The highest BCUT2D eigenvalue weighted by atomic mass is 79.9. The predicted molar refractivity (Wildman–Crippen MR) is 77.2 cm³/mol. The van der Waals surface area contributed by atoms with Crippen LogP contribution in [0.5, 0.6) is 0 Å². The second-order valence-electron chi connectivity index (χ2n) is 4.16. The molecule has 0 amide bonds. The maximum absolute atomic E-state index is 13.6. The van der Waals surface area contributed by atoms with Crippen molar-refractivity contribution in [3.63, 3.8) is 0 Å². The molecular formula is C13H10BrF2NO3S. The average molecular weight is 378 g/mol. The first-order chi connectivity index (χ1) is 9.83. The second-order valence-corrected chi connectivity index (χ2v) is 6.69. The number of aliphatic hydroxyl groups is 1. The van der Waals surface area contributed by atoms with Gasteiger partial charge in [-0.3, -0.25) is 4.72 Å². The standard InChI is InChI=1S/C13H10BrF2NO3S/c14-10-5-13(12(16)6-11(10)15)17-21(19,20)9-3-1-2-8(4-9)7-18/h1-6,17-18H,7H2. The Balaban J connectivity index is 2.39. The molecule has 8 heteroatoms. The van der Waals surface area contributed by atoms with Crippen LogP contribution >= 0.6 is 15.9 Å². The highest BCUT2D eigenvalue weighted by molar-refractivity contribution is 9.10. The van der Waals surface area contributed by atoms with Crippen LogP contribution in [-0.2, 0) is 16.6 Å². The van der Waals surface area contributed by atoms with Gasteiger partial charge in [-0.1, -0.05) is 12.1 Å². The molecule has 0 radical (unpaired) electrons. The zero-order valence-electron chi connectivity index (χ0n) is 10.5. The highest BCUT2D eigenvalue weighted by Gasteiger charge is 2.18. The lowest BCUT2D eigenvalue weighted by atomic mass is 10.2. The minimum atomic E-state index is -4.04. The highest BCUT2D eigenvalue weighted by Crippen LogP contribution is 2.26. The number of nitrogens with one attached hydrogen (secondary N) is 1. The van der Waals surface area contributed by atoms with Crippen LogP contribution in [0, 0.1) is 11.6 Å². The lowest BCUT2D eigenvalue weighted by Gasteiger charge is -2.10. The van der Waals surface area contributed by atoms with Crippen LogP contribution in [0.3, 0.4) is 0 Å². The van der Waals surface area contributed by atoms with Gasteiger partial charge in [-0.2, -0.15) is 0 Å². The van der Waals surface area contributed by atoms with Gasteiger partial charge in [0.25, 0.3) is 10.0 Å². The van der Waals surface area contributed by atoms with E-state index in [4.69, 9.17) is 5.11 Å². The van der Waals surface area contributed by atoms with Crippen LogP contribution in [0.2, 0.25) is 0 Å². The van der Waals surface area contributed by atoms with Crippen molar-refractivity contribution in [1.82, 2.24) is 0 Å². The van der Waals surface area contributed by atoms with E-state index in [0.29, 0.717) is 11.6 Å². The van der Waals surface area contributed by atoms with E-state index in [1.165, 1.54) is 18.2 Å². The van der Waals surface area contributed by atoms with Gasteiger partial charge in [0, 0.05) is 6.07 Å². The van der Waals surface area contributed by atoms with E-state index in [0.717, 1.165) is 6.07 Å². The minimum Gasteiger partial charge on any atom is -0.392 e. The summed E-state index contributed by atoms with van der Waals surface area (Å²) in [4.78, 5) is -0.131. The maximum atomic E-state index is 13.6. The Kier molecular flexibility index (Phi) is 4.60. The lowest BCUT2D eigenvalue weighted by molar-refractivity contribution is 0.281. The molecule has 0 heterocycles. The Morgan fingerprint density at radius 1 is 1.14 bits per heavy atom. The van der Waals surface area contributed by atoms with Crippen LogP contribution in [0.4, 0.5) is 14.5 Å². The van der Waals surface area contributed by atoms with Crippen molar-refractivity contribution in [3.05, 3.63) is 58.1 Å².